The number of hydrogen-bond donors (Lipinski definition) is 2. The predicted molar refractivity (Wildman–Crippen MR) is 83.7 cm³/mol. The summed E-state index contributed by atoms with van der Waals surface area (Å²) in [6, 6.07) is 3.28. The van der Waals surface area contributed by atoms with Crippen LogP contribution in [0.15, 0.2) is 23.1 Å². The van der Waals surface area contributed by atoms with Gasteiger partial charge in [0.15, 0.2) is 0 Å². The Morgan fingerprint density at radius 2 is 2.00 bits per heavy atom. The number of anilines is 1. The van der Waals surface area contributed by atoms with Crippen LogP contribution in [0.1, 0.15) is 34.1 Å². The summed E-state index contributed by atoms with van der Waals surface area (Å²) < 4.78 is 6.80. The molecule has 118 valence electrons. The summed E-state index contributed by atoms with van der Waals surface area (Å²) in [5.41, 5.74) is 0.357. The molecule has 1 aromatic heterocycles. The highest BCUT2D eigenvalue weighted by Gasteiger charge is 2.15. The normalized spacial score (nSPS) is 11.0. The zero-order valence-corrected chi connectivity index (χ0v) is 13.2. The topological polar surface area (TPSA) is 72.4 Å². The number of nitrogens with zero attached hydrogens (tertiary/aromatic N) is 1. The van der Waals surface area contributed by atoms with Crippen molar-refractivity contribution < 1.29 is 9.53 Å². The van der Waals surface area contributed by atoms with Crippen LogP contribution < -0.4 is 16.2 Å². The second kappa shape index (κ2) is 7.71. The SMILES string of the molecule is CCCn1cc(NCCNC(=O)OC(C)(C)C)ccc1=O. The van der Waals surface area contributed by atoms with Gasteiger partial charge in [0.05, 0.1) is 5.69 Å². The highest BCUT2D eigenvalue weighted by Crippen LogP contribution is 2.06. The average molecular weight is 295 g/mol. The molecule has 21 heavy (non-hydrogen) atoms. The van der Waals surface area contributed by atoms with Crippen LogP contribution in [-0.4, -0.2) is 29.4 Å². The van der Waals surface area contributed by atoms with Crippen molar-refractivity contribution in [2.24, 2.45) is 0 Å². The number of pyridine rings is 1. The van der Waals surface area contributed by atoms with Crippen molar-refractivity contribution in [2.75, 3.05) is 18.4 Å². The summed E-state index contributed by atoms with van der Waals surface area (Å²) in [5.74, 6) is 0. The van der Waals surface area contributed by atoms with Crippen molar-refractivity contribution in [3.05, 3.63) is 28.7 Å². The summed E-state index contributed by atoms with van der Waals surface area (Å²) in [6.45, 7) is 9.19. The molecule has 0 aliphatic rings. The van der Waals surface area contributed by atoms with Crippen LogP contribution in [0.3, 0.4) is 0 Å². The Labute approximate surface area is 125 Å². The molecule has 1 amide bonds. The lowest BCUT2D eigenvalue weighted by Crippen LogP contribution is -2.35. The number of nitrogens with one attached hydrogen (secondary N) is 2. The third-order valence-corrected chi connectivity index (χ3v) is 2.57. The molecule has 0 aliphatic heterocycles. The molecule has 0 spiro atoms. The first-order valence-electron chi connectivity index (χ1n) is 7.23. The maximum Gasteiger partial charge on any atom is 0.407 e. The minimum Gasteiger partial charge on any atom is -0.444 e. The maximum absolute atomic E-state index is 11.6. The van der Waals surface area contributed by atoms with Crippen LogP contribution in [0.4, 0.5) is 10.5 Å². The molecular formula is C15H25N3O3. The van der Waals surface area contributed by atoms with E-state index >= 15 is 0 Å². The van der Waals surface area contributed by atoms with Gasteiger partial charge in [-0.2, -0.15) is 0 Å². The van der Waals surface area contributed by atoms with Crippen molar-refractivity contribution in [2.45, 2.75) is 46.3 Å². The first kappa shape index (κ1) is 17.1. The third-order valence-electron chi connectivity index (χ3n) is 2.57. The Morgan fingerprint density at radius 1 is 1.29 bits per heavy atom. The van der Waals surface area contributed by atoms with Gasteiger partial charge < -0.3 is 19.9 Å². The van der Waals surface area contributed by atoms with E-state index in [1.807, 2.05) is 27.7 Å². The Kier molecular flexibility index (Phi) is 6.27. The summed E-state index contributed by atoms with van der Waals surface area (Å²) in [4.78, 5) is 23.0. The third kappa shape index (κ3) is 6.83. The van der Waals surface area contributed by atoms with Gasteiger partial charge in [0.2, 0.25) is 0 Å². The molecule has 1 rings (SSSR count). The molecule has 0 radical (unpaired) electrons. The van der Waals surface area contributed by atoms with Crippen molar-refractivity contribution in [1.82, 2.24) is 9.88 Å². The fourth-order valence-corrected chi connectivity index (χ4v) is 1.74. The first-order valence-corrected chi connectivity index (χ1v) is 7.23. The lowest BCUT2D eigenvalue weighted by atomic mass is 10.2. The summed E-state index contributed by atoms with van der Waals surface area (Å²) in [5, 5.41) is 5.83. The molecule has 6 heteroatoms. The molecular weight excluding hydrogens is 270 g/mol. The number of carbonyl (C=O) groups is 1. The van der Waals surface area contributed by atoms with Gasteiger partial charge >= 0.3 is 6.09 Å². The number of rotatable bonds is 6. The number of alkyl carbamates (subject to hydrolysis) is 1. The summed E-state index contributed by atoms with van der Waals surface area (Å²) in [7, 11) is 0. The molecule has 0 atom stereocenters. The van der Waals surface area contributed by atoms with Crippen LogP contribution in [0, 0.1) is 0 Å². The lowest BCUT2D eigenvalue weighted by Gasteiger charge is -2.19. The van der Waals surface area contributed by atoms with Crippen LogP contribution in [-0.2, 0) is 11.3 Å². The molecule has 0 saturated heterocycles. The number of carbonyl (C=O) groups excluding carboxylic acids is 1. The van der Waals surface area contributed by atoms with Gasteiger partial charge in [-0.15, -0.1) is 0 Å². The second-order valence-corrected chi connectivity index (χ2v) is 5.80. The molecule has 0 fully saturated rings. The second-order valence-electron chi connectivity index (χ2n) is 5.80. The minimum absolute atomic E-state index is 0.00530. The van der Waals surface area contributed by atoms with Crippen molar-refractivity contribution in [3.63, 3.8) is 0 Å². The first-order chi connectivity index (χ1) is 9.81. The van der Waals surface area contributed by atoms with E-state index in [2.05, 4.69) is 10.6 Å². The fraction of sp³-hybridized carbons (Fsp3) is 0.600. The molecule has 0 aromatic carbocycles. The standard InChI is InChI=1S/C15H25N3O3/c1-5-10-18-11-12(6-7-13(18)19)16-8-9-17-14(20)21-15(2,3)4/h6-7,11,16H,5,8-10H2,1-4H3,(H,17,20). The molecule has 6 nitrogen and oxygen atoms in total. The van der Waals surface area contributed by atoms with Gasteiger partial charge in [-0.25, -0.2) is 4.79 Å². The average Bonchev–Trinajstić information content (AvgIpc) is 2.36. The highest BCUT2D eigenvalue weighted by atomic mass is 16.6. The van der Waals surface area contributed by atoms with E-state index in [1.165, 1.54) is 0 Å². The van der Waals surface area contributed by atoms with Crippen LogP contribution in [0.25, 0.3) is 0 Å². The number of amides is 1. The van der Waals surface area contributed by atoms with Crippen molar-refractivity contribution in [1.29, 1.82) is 0 Å². The smallest absolute Gasteiger partial charge is 0.407 e. The molecule has 0 aliphatic carbocycles. The van der Waals surface area contributed by atoms with Crippen molar-refractivity contribution in [3.8, 4) is 0 Å². The zero-order chi connectivity index (χ0) is 15.9. The van der Waals surface area contributed by atoms with Gasteiger partial charge in [-0.05, 0) is 33.3 Å². The largest absolute Gasteiger partial charge is 0.444 e. The predicted octanol–water partition coefficient (Wildman–Crippen LogP) is 2.19. The minimum atomic E-state index is -0.493. The molecule has 1 heterocycles. The highest BCUT2D eigenvalue weighted by molar-refractivity contribution is 5.67. The van der Waals surface area contributed by atoms with Crippen LogP contribution in [0.2, 0.25) is 0 Å². The van der Waals surface area contributed by atoms with E-state index in [9.17, 15) is 9.59 Å². The van der Waals surface area contributed by atoms with E-state index in [-0.39, 0.29) is 5.56 Å². The van der Waals surface area contributed by atoms with E-state index in [0.717, 1.165) is 12.1 Å². The van der Waals surface area contributed by atoms with E-state index in [1.54, 1.807) is 22.9 Å². The van der Waals surface area contributed by atoms with Crippen LogP contribution in [0.5, 0.6) is 0 Å². The van der Waals surface area contributed by atoms with E-state index in [4.69, 9.17) is 4.74 Å². The van der Waals surface area contributed by atoms with Gasteiger partial charge in [-0.3, -0.25) is 4.79 Å². The Balaban J connectivity index is 2.38. The monoisotopic (exact) mass is 295 g/mol. The lowest BCUT2D eigenvalue weighted by molar-refractivity contribution is 0.0530. The van der Waals surface area contributed by atoms with Gasteiger partial charge in [-0.1, -0.05) is 6.92 Å². The molecule has 1 aromatic rings. The van der Waals surface area contributed by atoms with Gasteiger partial charge in [0.25, 0.3) is 5.56 Å². The molecule has 2 N–H and O–H groups in total. The summed E-state index contributed by atoms with van der Waals surface area (Å²) >= 11 is 0. The molecule has 0 saturated carbocycles. The van der Waals surface area contributed by atoms with E-state index in [0.29, 0.717) is 19.6 Å². The van der Waals surface area contributed by atoms with Crippen molar-refractivity contribution >= 4 is 11.8 Å². The molecule has 0 unspecified atom stereocenters. The fourth-order valence-electron chi connectivity index (χ4n) is 1.74. The maximum atomic E-state index is 11.6. The van der Waals surface area contributed by atoms with Gasteiger partial charge in [0.1, 0.15) is 5.60 Å². The summed E-state index contributed by atoms with van der Waals surface area (Å²) in [6.07, 6.45) is 2.27. The Hall–Kier alpha value is -1.98. The zero-order valence-electron chi connectivity index (χ0n) is 13.2. The van der Waals surface area contributed by atoms with Gasteiger partial charge in [0, 0.05) is 31.9 Å². The number of aryl methyl sites for hydroxylation is 1. The van der Waals surface area contributed by atoms with Crippen LogP contribution >= 0.6 is 0 Å². The number of aromatic nitrogens is 1. The number of hydrogen-bond acceptors (Lipinski definition) is 4. The van der Waals surface area contributed by atoms with E-state index < -0.39 is 11.7 Å². The quantitative estimate of drug-likeness (QED) is 0.789. The molecule has 0 bridgehead atoms. The Bertz CT molecular complexity index is 518. The number of ether oxygens (including phenoxy) is 1. The Morgan fingerprint density at radius 3 is 2.62 bits per heavy atom.